The maximum absolute atomic E-state index is 13.4. The van der Waals surface area contributed by atoms with Crippen molar-refractivity contribution >= 4 is 45.2 Å². The van der Waals surface area contributed by atoms with Crippen molar-refractivity contribution in [2.45, 2.75) is 87.1 Å². The van der Waals surface area contributed by atoms with Gasteiger partial charge >= 0.3 is 5.97 Å². The molecular weight excluding hydrogens is 428 g/mol. The first kappa shape index (κ1) is 22.6. The van der Waals surface area contributed by atoms with E-state index < -0.39 is 11.9 Å². The number of amides is 1. The number of rotatable bonds is 8. The van der Waals surface area contributed by atoms with Crippen LogP contribution in [-0.2, 0) is 9.59 Å². The molecule has 0 aliphatic heterocycles. The molecule has 5 nitrogen and oxygen atoms in total. The zero-order chi connectivity index (χ0) is 21.6. The number of carboxylic acids is 1. The van der Waals surface area contributed by atoms with Gasteiger partial charge in [0.1, 0.15) is 0 Å². The molecule has 1 aromatic carbocycles. The van der Waals surface area contributed by atoms with Gasteiger partial charge in [0, 0.05) is 24.3 Å². The molecule has 2 aliphatic carbocycles. The third-order valence-electron chi connectivity index (χ3n) is 6.68. The maximum atomic E-state index is 13.4. The number of benzene rings is 1. The SMILES string of the molecule is O=C(O)C(CSc1nc2ccccc2s1)CC(=O)N(C1CCCCC1)C1CCCCC1. The summed E-state index contributed by atoms with van der Waals surface area (Å²) in [6, 6.07) is 8.55. The number of thioether (sulfide) groups is 1. The summed E-state index contributed by atoms with van der Waals surface area (Å²) in [5.74, 6) is -1.13. The Morgan fingerprint density at radius 3 is 2.23 bits per heavy atom. The third kappa shape index (κ3) is 5.80. The average Bonchev–Trinajstić information content (AvgIpc) is 3.21. The van der Waals surface area contributed by atoms with Crippen LogP contribution in [-0.4, -0.2) is 44.7 Å². The highest BCUT2D eigenvalue weighted by molar-refractivity contribution is 8.01. The molecule has 31 heavy (non-hydrogen) atoms. The Balaban J connectivity index is 1.42. The molecule has 1 aromatic heterocycles. The van der Waals surface area contributed by atoms with Crippen molar-refractivity contribution in [1.82, 2.24) is 9.88 Å². The van der Waals surface area contributed by atoms with Gasteiger partial charge in [-0.2, -0.15) is 0 Å². The first-order chi connectivity index (χ1) is 15.1. The summed E-state index contributed by atoms with van der Waals surface area (Å²) in [5.41, 5.74) is 0.943. The van der Waals surface area contributed by atoms with Gasteiger partial charge in [-0.1, -0.05) is 62.4 Å². The molecule has 2 saturated carbocycles. The molecule has 1 amide bonds. The van der Waals surface area contributed by atoms with E-state index in [-0.39, 0.29) is 12.3 Å². The van der Waals surface area contributed by atoms with E-state index in [2.05, 4.69) is 9.88 Å². The normalized spacial score (nSPS) is 19.4. The van der Waals surface area contributed by atoms with Crippen LogP contribution in [0, 0.1) is 5.92 Å². The van der Waals surface area contributed by atoms with Crippen molar-refractivity contribution in [3.8, 4) is 0 Å². The summed E-state index contributed by atoms with van der Waals surface area (Å²) < 4.78 is 1.98. The van der Waals surface area contributed by atoms with Crippen molar-refractivity contribution in [2.24, 2.45) is 5.92 Å². The zero-order valence-corrected chi connectivity index (χ0v) is 19.6. The van der Waals surface area contributed by atoms with Gasteiger partial charge in [-0.05, 0) is 37.8 Å². The summed E-state index contributed by atoms with van der Waals surface area (Å²) in [6.45, 7) is 0. The zero-order valence-electron chi connectivity index (χ0n) is 18.0. The van der Waals surface area contributed by atoms with Gasteiger partial charge in [0.05, 0.1) is 16.1 Å². The van der Waals surface area contributed by atoms with Crippen LogP contribution in [0.1, 0.15) is 70.6 Å². The van der Waals surface area contributed by atoms with Crippen molar-refractivity contribution in [3.63, 3.8) is 0 Å². The predicted octanol–water partition coefficient (Wildman–Crippen LogP) is 5.97. The number of carbonyl (C=O) groups is 2. The Morgan fingerprint density at radius 2 is 1.65 bits per heavy atom. The molecule has 1 atom stereocenters. The summed E-state index contributed by atoms with van der Waals surface area (Å²) in [5, 5.41) is 9.84. The second-order valence-electron chi connectivity index (χ2n) is 8.88. The van der Waals surface area contributed by atoms with E-state index >= 15 is 0 Å². The van der Waals surface area contributed by atoms with Crippen LogP contribution < -0.4 is 0 Å². The highest BCUT2D eigenvalue weighted by atomic mass is 32.2. The summed E-state index contributed by atoms with van der Waals surface area (Å²) in [7, 11) is 0. The molecule has 4 rings (SSSR count). The number of fused-ring (bicyclic) bond motifs is 1. The molecule has 1 heterocycles. The average molecular weight is 461 g/mol. The molecule has 1 unspecified atom stereocenters. The number of carbonyl (C=O) groups excluding carboxylic acids is 1. The van der Waals surface area contributed by atoms with Crippen LogP contribution in [0.5, 0.6) is 0 Å². The van der Waals surface area contributed by atoms with Crippen LogP contribution in [0.25, 0.3) is 10.2 Å². The van der Waals surface area contributed by atoms with E-state index in [0.717, 1.165) is 40.2 Å². The number of thiazole rings is 1. The molecule has 1 N–H and O–H groups in total. The second-order valence-corrected chi connectivity index (χ2v) is 11.2. The molecule has 0 spiro atoms. The highest BCUT2D eigenvalue weighted by Gasteiger charge is 2.34. The van der Waals surface area contributed by atoms with E-state index in [9.17, 15) is 14.7 Å². The monoisotopic (exact) mass is 460 g/mol. The Morgan fingerprint density at radius 1 is 1.03 bits per heavy atom. The van der Waals surface area contributed by atoms with Gasteiger partial charge in [-0.25, -0.2) is 4.98 Å². The molecule has 0 bridgehead atoms. The van der Waals surface area contributed by atoms with Gasteiger partial charge < -0.3 is 10.0 Å². The van der Waals surface area contributed by atoms with Gasteiger partial charge in [-0.15, -0.1) is 11.3 Å². The third-order valence-corrected chi connectivity index (χ3v) is 9.02. The molecular formula is C24H32N2O3S2. The lowest BCUT2D eigenvalue weighted by Crippen LogP contribution is -2.49. The lowest BCUT2D eigenvalue weighted by atomic mass is 9.88. The fourth-order valence-electron chi connectivity index (χ4n) is 5.04. The van der Waals surface area contributed by atoms with Crippen LogP contribution in [0.4, 0.5) is 0 Å². The van der Waals surface area contributed by atoms with Crippen molar-refractivity contribution < 1.29 is 14.7 Å². The molecule has 2 fully saturated rings. The molecule has 2 aliphatic rings. The summed E-state index contributed by atoms with van der Waals surface area (Å²) >= 11 is 3.05. The number of hydrogen-bond acceptors (Lipinski definition) is 5. The van der Waals surface area contributed by atoms with E-state index in [1.54, 1.807) is 11.3 Å². The van der Waals surface area contributed by atoms with Crippen LogP contribution in [0.2, 0.25) is 0 Å². The number of para-hydroxylation sites is 1. The van der Waals surface area contributed by atoms with Gasteiger partial charge in [0.25, 0.3) is 0 Å². The number of aliphatic carboxylic acids is 1. The molecule has 0 saturated heterocycles. The summed E-state index contributed by atoms with van der Waals surface area (Å²) in [6.07, 6.45) is 11.6. The number of hydrogen-bond donors (Lipinski definition) is 1. The minimum atomic E-state index is -0.880. The van der Waals surface area contributed by atoms with Crippen molar-refractivity contribution in [2.75, 3.05) is 5.75 Å². The number of carboxylic acid groups (broad SMARTS) is 1. The number of nitrogens with zero attached hydrogens (tertiary/aromatic N) is 2. The standard InChI is InChI=1S/C24H32N2O3S2/c27-22(26(18-9-3-1-4-10-18)19-11-5-2-6-12-19)15-17(23(28)29)16-30-24-25-20-13-7-8-14-21(20)31-24/h7-8,13-14,17-19H,1-6,9-12,15-16H2,(H,28,29). The first-order valence-electron chi connectivity index (χ1n) is 11.6. The van der Waals surface area contributed by atoms with Crippen LogP contribution in [0.15, 0.2) is 28.6 Å². The molecule has 0 radical (unpaired) electrons. The first-order valence-corrected chi connectivity index (χ1v) is 13.4. The Hall–Kier alpha value is -1.60. The van der Waals surface area contributed by atoms with Crippen LogP contribution >= 0.6 is 23.1 Å². The van der Waals surface area contributed by atoms with Gasteiger partial charge in [0.15, 0.2) is 4.34 Å². The largest absolute Gasteiger partial charge is 0.481 e. The van der Waals surface area contributed by atoms with Crippen molar-refractivity contribution in [1.29, 1.82) is 0 Å². The molecule has 7 heteroatoms. The minimum absolute atomic E-state index is 0.0519. The second kappa shape index (κ2) is 10.8. The lowest BCUT2D eigenvalue weighted by Gasteiger charge is -2.42. The van der Waals surface area contributed by atoms with E-state index in [1.807, 2.05) is 24.3 Å². The predicted molar refractivity (Wildman–Crippen MR) is 127 cm³/mol. The topological polar surface area (TPSA) is 70.5 Å². The Bertz CT molecular complexity index is 837. The Labute approximate surface area is 192 Å². The fourth-order valence-corrected chi connectivity index (χ4v) is 7.22. The maximum Gasteiger partial charge on any atom is 0.307 e. The van der Waals surface area contributed by atoms with Crippen molar-refractivity contribution in [3.05, 3.63) is 24.3 Å². The fraction of sp³-hybridized carbons (Fsp3) is 0.625. The summed E-state index contributed by atoms with van der Waals surface area (Å²) in [4.78, 5) is 32.2. The molecule has 168 valence electrons. The minimum Gasteiger partial charge on any atom is -0.481 e. The number of aromatic nitrogens is 1. The molecule has 2 aromatic rings. The van der Waals surface area contributed by atoms with Crippen LogP contribution in [0.3, 0.4) is 0 Å². The smallest absolute Gasteiger partial charge is 0.307 e. The lowest BCUT2D eigenvalue weighted by molar-refractivity contribution is -0.147. The quantitative estimate of drug-likeness (QED) is 0.491. The van der Waals surface area contributed by atoms with E-state index in [4.69, 9.17) is 0 Å². The highest BCUT2D eigenvalue weighted by Crippen LogP contribution is 2.33. The van der Waals surface area contributed by atoms with Gasteiger partial charge in [0.2, 0.25) is 5.91 Å². The van der Waals surface area contributed by atoms with E-state index in [0.29, 0.717) is 17.8 Å². The Kier molecular flexibility index (Phi) is 7.88. The van der Waals surface area contributed by atoms with Gasteiger partial charge in [-0.3, -0.25) is 9.59 Å². The van der Waals surface area contributed by atoms with E-state index in [1.165, 1.54) is 50.3 Å².